The van der Waals surface area contributed by atoms with E-state index in [1.165, 1.54) is 0 Å². The summed E-state index contributed by atoms with van der Waals surface area (Å²) in [5.74, 6) is 1.93. The largest absolute Gasteiger partial charge is 0.491 e. The van der Waals surface area contributed by atoms with Gasteiger partial charge in [-0.25, -0.2) is 9.48 Å². The molecule has 0 spiro atoms. The molecule has 0 unspecified atom stereocenters. The number of benzene rings is 3. The van der Waals surface area contributed by atoms with E-state index in [1.54, 1.807) is 16.4 Å². The molecule has 0 bridgehead atoms. The zero-order valence-corrected chi connectivity index (χ0v) is 27.6. The van der Waals surface area contributed by atoms with Gasteiger partial charge in [0.2, 0.25) is 0 Å². The number of amides is 2. The summed E-state index contributed by atoms with van der Waals surface area (Å²) in [5.41, 5.74) is 5.24. The molecule has 0 aliphatic heterocycles. The summed E-state index contributed by atoms with van der Waals surface area (Å²) in [7, 11) is 0. The fourth-order valence-electron chi connectivity index (χ4n) is 5.05. The number of aromatic nitrogens is 5. The van der Waals surface area contributed by atoms with Crippen LogP contribution in [0.15, 0.2) is 107 Å². The Hall–Kier alpha value is -5.13. The van der Waals surface area contributed by atoms with Crippen LogP contribution >= 0.6 is 11.8 Å². The molecule has 240 valence electrons. The number of aliphatic hydroxyl groups is 1. The van der Waals surface area contributed by atoms with Gasteiger partial charge < -0.3 is 15.2 Å². The lowest BCUT2D eigenvalue weighted by Crippen LogP contribution is -2.29. The monoisotopic (exact) mass is 647 g/mol. The first-order valence-corrected chi connectivity index (χ1v) is 16.2. The van der Waals surface area contributed by atoms with E-state index in [1.807, 2.05) is 77.2 Å². The number of pyridine rings is 1. The Morgan fingerprint density at radius 3 is 2.57 bits per heavy atom. The number of ether oxygens (including phenoxy) is 1. The number of nitrogens with zero attached hydrogens (tertiary/aromatic N) is 5. The van der Waals surface area contributed by atoms with Crippen molar-refractivity contribution in [1.29, 1.82) is 0 Å². The maximum absolute atomic E-state index is 13.3. The summed E-state index contributed by atoms with van der Waals surface area (Å²) in [5, 5.41) is 28.8. The molecule has 3 N–H and O–H groups in total. The van der Waals surface area contributed by atoms with Gasteiger partial charge in [0.15, 0.2) is 11.5 Å². The number of nitrogens with one attached hydrogen (secondary N) is 2. The van der Waals surface area contributed by atoms with E-state index in [4.69, 9.17) is 14.9 Å². The molecule has 3 aromatic heterocycles. The molecular formula is C36H37N7O3S. The average Bonchev–Trinajstić information content (AvgIpc) is 3.68. The van der Waals surface area contributed by atoms with Crippen molar-refractivity contribution in [2.45, 2.75) is 49.4 Å². The average molecular weight is 648 g/mol. The number of urea groups is 1. The maximum atomic E-state index is 13.3. The van der Waals surface area contributed by atoms with Crippen LogP contribution in [0.2, 0.25) is 0 Å². The SMILES string of the molecule is Cc1ccccc1-c1nnc2ccc(Sc3ccccc3CNC(=O)Nc3cc(C(C)(C)C)nn3-c3cccc(OCCO)c3)cn12. The lowest BCUT2D eigenvalue weighted by Gasteiger charge is -2.14. The minimum atomic E-state index is -0.354. The second-order valence-corrected chi connectivity index (χ2v) is 13.2. The maximum Gasteiger partial charge on any atom is 0.320 e. The van der Waals surface area contributed by atoms with Crippen LogP contribution in [0.5, 0.6) is 5.75 Å². The Kier molecular flexibility index (Phi) is 9.28. The molecular weight excluding hydrogens is 611 g/mol. The van der Waals surface area contributed by atoms with Crippen LogP contribution in [-0.4, -0.2) is 48.7 Å². The van der Waals surface area contributed by atoms with Crippen molar-refractivity contribution in [3.05, 3.63) is 114 Å². The van der Waals surface area contributed by atoms with Crippen LogP contribution < -0.4 is 15.4 Å². The number of hydrogen-bond donors (Lipinski definition) is 3. The van der Waals surface area contributed by atoms with Gasteiger partial charge in [0.1, 0.15) is 18.2 Å². The van der Waals surface area contributed by atoms with Gasteiger partial charge in [-0.05, 0) is 48.4 Å². The molecule has 0 aliphatic rings. The standard InChI is InChI=1S/C36H37N7O3S/c1-24-10-5-7-14-29(24)34-40-39-32-17-16-28(23-42(32)34)47-30-15-8-6-11-25(30)22-37-35(45)38-33-21-31(36(2,3)4)41-43(33)26-12-9-13-27(20-26)46-19-18-44/h5-17,20-21,23,44H,18-19,22H2,1-4H3,(H2,37,38,45). The number of rotatable bonds is 10. The zero-order chi connectivity index (χ0) is 33.0. The number of carbonyl (C=O) groups excluding carboxylic acids is 1. The van der Waals surface area contributed by atoms with E-state index in [9.17, 15) is 4.79 Å². The van der Waals surface area contributed by atoms with Crippen LogP contribution in [0.4, 0.5) is 10.6 Å². The highest BCUT2D eigenvalue weighted by Crippen LogP contribution is 2.32. The Labute approximate surface area is 277 Å². The normalized spacial score (nSPS) is 11.5. The van der Waals surface area contributed by atoms with Gasteiger partial charge in [-0.15, -0.1) is 10.2 Å². The molecule has 47 heavy (non-hydrogen) atoms. The van der Waals surface area contributed by atoms with Gasteiger partial charge in [0.05, 0.1) is 18.0 Å². The third-order valence-electron chi connectivity index (χ3n) is 7.54. The predicted molar refractivity (Wildman–Crippen MR) is 184 cm³/mol. The molecule has 2 amide bonds. The third kappa shape index (κ3) is 7.32. The van der Waals surface area contributed by atoms with Crippen LogP contribution in [0.3, 0.4) is 0 Å². The van der Waals surface area contributed by atoms with Gasteiger partial charge in [0.25, 0.3) is 0 Å². The Balaban J connectivity index is 1.19. The molecule has 0 radical (unpaired) electrons. The van der Waals surface area contributed by atoms with E-state index in [2.05, 4.69) is 72.9 Å². The van der Waals surface area contributed by atoms with Crippen molar-refractivity contribution >= 4 is 29.3 Å². The smallest absolute Gasteiger partial charge is 0.320 e. The topological polar surface area (TPSA) is 119 Å². The summed E-state index contributed by atoms with van der Waals surface area (Å²) in [4.78, 5) is 15.3. The first kappa shape index (κ1) is 31.8. The van der Waals surface area contributed by atoms with Crippen molar-refractivity contribution in [3.63, 3.8) is 0 Å². The van der Waals surface area contributed by atoms with Crippen LogP contribution in [-0.2, 0) is 12.0 Å². The van der Waals surface area contributed by atoms with Gasteiger partial charge >= 0.3 is 6.03 Å². The van der Waals surface area contributed by atoms with E-state index in [-0.39, 0.29) is 24.7 Å². The Morgan fingerprint density at radius 1 is 0.957 bits per heavy atom. The number of anilines is 1. The fraction of sp³-hybridized carbons (Fsp3) is 0.222. The highest BCUT2D eigenvalue weighted by molar-refractivity contribution is 7.99. The summed E-state index contributed by atoms with van der Waals surface area (Å²) in [6.07, 6.45) is 2.05. The van der Waals surface area contributed by atoms with Crippen molar-refractivity contribution in [2.75, 3.05) is 18.5 Å². The Bertz CT molecular complexity index is 2030. The van der Waals surface area contributed by atoms with E-state index < -0.39 is 0 Å². The van der Waals surface area contributed by atoms with Crippen molar-refractivity contribution in [2.24, 2.45) is 0 Å². The third-order valence-corrected chi connectivity index (χ3v) is 8.64. The molecule has 6 aromatic rings. The molecule has 0 saturated heterocycles. The molecule has 0 fully saturated rings. The van der Waals surface area contributed by atoms with Gasteiger partial charge in [-0.2, -0.15) is 5.10 Å². The van der Waals surface area contributed by atoms with Crippen LogP contribution in [0.25, 0.3) is 22.7 Å². The molecule has 3 aromatic carbocycles. The number of aliphatic hydroxyl groups excluding tert-OH is 1. The van der Waals surface area contributed by atoms with E-state index >= 15 is 0 Å². The van der Waals surface area contributed by atoms with Crippen molar-refractivity contribution < 1.29 is 14.6 Å². The molecule has 0 saturated carbocycles. The first-order valence-electron chi connectivity index (χ1n) is 15.4. The van der Waals surface area contributed by atoms with Crippen molar-refractivity contribution in [3.8, 4) is 22.8 Å². The molecule has 11 heteroatoms. The van der Waals surface area contributed by atoms with Gasteiger partial charge in [0, 0.05) is 45.6 Å². The molecule has 0 atom stereocenters. The Morgan fingerprint density at radius 2 is 1.77 bits per heavy atom. The second kappa shape index (κ2) is 13.7. The second-order valence-electron chi connectivity index (χ2n) is 12.1. The minimum absolute atomic E-state index is 0.0823. The van der Waals surface area contributed by atoms with E-state index in [0.29, 0.717) is 18.1 Å². The minimum Gasteiger partial charge on any atom is -0.491 e. The van der Waals surface area contributed by atoms with Crippen LogP contribution in [0.1, 0.15) is 37.6 Å². The quantitative estimate of drug-likeness (QED) is 0.146. The summed E-state index contributed by atoms with van der Waals surface area (Å²) in [6, 6.07) is 29.1. The number of carbonyl (C=O) groups is 1. The number of fused-ring (bicyclic) bond motifs is 1. The number of aryl methyl sites for hydroxylation is 1. The highest BCUT2D eigenvalue weighted by atomic mass is 32.2. The van der Waals surface area contributed by atoms with E-state index in [0.717, 1.165) is 49.3 Å². The molecule has 10 nitrogen and oxygen atoms in total. The summed E-state index contributed by atoms with van der Waals surface area (Å²) < 4.78 is 9.31. The molecule has 0 aliphatic carbocycles. The van der Waals surface area contributed by atoms with Gasteiger partial charge in [-0.3, -0.25) is 9.72 Å². The van der Waals surface area contributed by atoms with Gasteiger partial charge in [-0.1, -0.05) is 81.1 Å². The summed E-state index contributed by atoms with van der Waals surface area (Å²) >= 11 is 1.62. The van der Waals surface area contributed by atoms with Crippen molar-refractivity contribution in [1.82, 2.24) is 29.7 Å². The summed E-state index contributed by atoms with van der Waals surface area (Å²) in [6.45, 7) is 8.71. The lowest BCUT2D eigenvalue weighted by atomic mass is 9.92. The van der Waals surface area contributed by atoms with Crippen LogP contribution in [0, 0.1) is 6.92 Å². The first-order chi connectivity index (χ1) is 22.7. The fourth-order valence-corrected chi connectivity index (χ4v) is 6.02. The number of hydrogen-bond acceptors (Lipinski definition) is 7. The lowest BCUT2D eigenvalue weighted by molar-refractivity contribution is 0.201. The zero-order valence-electron chi connectivity index (χ0n) is 26.8. The predicted octanol–water partition coefficient (Wildman–Crippen LogP) is 7.03. The molecule has 3 heterocycles. The highest BCUT2D eigenvalue weighted by Gasteiger charge is 2.22. The molecule has 6 rings (SSSR count).